The van der Waals surface area contributed by atoms with Crippen LogP contribution >= 0.6 is 0 Å². The van der Waals surface area contributed by atoms with Crippen molar-refractivity contribution in [3.8, 4) is 5.75 Å². The normalized spacial score (nSPS) is 9.29. The van der Waals surface area contributed by atoms with Gasteiger partial charge in [0, 0.05) is 4.91 Å². The number of aryl methyl sites for hydroxylation is 2. The zero-order valence-electron chi connectivity index (χ0n) is 8.40. The highest BCUT2D eigenvalue weighted by molar-refractivity contribution is 5.39. The highest BCUT2D eigenvalue weighted by Gasteiger charge is 2.01. The zero-order chi connectivity index (χ0) is 10.4. The largest absolute Gasteiger partial charge is 0.493 e. The Morgan fingerprint density at radius 2 is 2.00 bits per heavy atom. The van der Waals surface area contributed by atoms with Crippen LogP contribution in [0.5, 0.6) is 5.75 Å². The quantitative estimate of drug-likeness (QED) is 0.312. The predicted octanol–water partition coefficient (Wildman–Crippen LogP) is 2.99. The minimum Gasteiger partial charge on any atom is -0.493 e. The second-order valence-electron chi connectivity index (χ2n) is 3.02. The van der Waals surface area contributed by atoms with Crippen LogP contribution in [-0.4, -0.2) is 13.2 Å². The zero-order valence-corrected chi connectivity index (χ0v) is 8.40. The Labute approximate surface area is 83.1 Å². The topological polar surface area (TPSA) is 58.0 Å². The second-order valence-corrected chi connectivity index (χ2v) is 3.02. The van der Waals surface area contributed by atoms with Crippen molar-refractivity contribution >= 4 is 0 Å². The molecule has 1 aromatic carbocycles. The van der Waals surface area contributed by atoms with Gasteiger partial charge in [-0.15, -0.1) is 0 Å². The summed E-state index contributed by atoms with van der Waals surface area (Å²) in [5.74, 6) is 0.889. The van der Waals surface area contributed by atoms with Crippen LogP contribution in [0.4, 0.5) is 0 Å². The number of nitrogens with zero attached hydrogens (tertiary/aromatic N) is 3. The SMILES string of the molecule is Cc1cccc(C)c1OCCN=[N+]=[N-]. The van der Waals surface area contributed by atoms with Gasteiger partial charge in [0.25, 0.3) is 0 Å². The van der Waals surface area contributed by atoms with Gasteiger partial charge in [0.1, 0.15) is 5.75 Å². The molecular formula is C10H13N3O. The molecule has 1 rings (SSSR count). The maximum atomic E-state index is 8.08. The number of para-hydroxylation sites is 1. The lowest BCUT2D eigenvalue weighted by atomic mass is 10.1. The van der Waals surface area contributed by atoms with Gasteiger partial charge in [-0.25, -0.2) is 0 Å². The van der Waals surface area contributed by atoms with Crippen LogP contribution in [0.2, 0.25) is 0 Å². The molecule has 0 heterocycles. The van der Waals surface area contributed by atoms with E-state index >= 15 is 0 Å². The molecule has 0 bridgehead atoms. The third-order valence-corrected chi connectivity index (χ3v) is 1.91. The molecule has 0 saturated heterocycles. The first kappa shape index (κ1) is 10.4. The van der Waals surface area contributed by atoms with Crippen molar-refractivity contribution in [3.63, 3.8) is 0 Å². The Morgan fingerprint density at radius 3 is 2.57 bits per heavy atom. The molecule has 0 N–H and O–H groups in total. The van der Waals surface area contributed by atoms with E-state index in [-0.39, 0.29) is 0 Å². The summed E-state index contributed by atoms with van der Waals surface area (Å²) in [6.45, 7) is 4.78. The standard InChI is InChI=1S/C10H13N3O/c1-8-4-3-5-9(2)10(8)14-7-6-12-13-11/h3-5H,6-7H2,1-2H3. The molecule has 0 unspecified atom stereocenters. The van der Waals surface area contributed by atoms with Crippen molar-refractivity contribution in [2.75, 3.05) is 13.2 Å². The lowest BCUT2D eigenvalue weighted by molar-refractivity contribution is 0.324. The lowest BCUT2D eigenvalue weighted by Gasteiger charge is -2.10. The van der Waals surface area contributed by atoms with Crippen LogP contribution in [-0.2, 0) is 0 Å². The van der Waals surface area contributed by atoms with Crippen molar-refractivity contribution in [3.05, 3.63) is 39.8 Å². The minimum atomic E-state index is 0.365. The van der Waals surface area contributed by atoms with Crippen LogP contribution in [0, 0.1) is 13.8 Å². The molecule has 1 aromatic rings. The molecule has 0 saturated carbocycles. The maximum absolute atomic E-state index is 8.08. The Hall–Kier alpha value is -1.67. The van der Waals surface area contributed by atoms with Gasteiger partial charge < -0.3 is 4.74 Å². The van der Waals surface area contributed by atoms with Crippen LogP contribution in [0.25, 0.3) is 10.4 Å². The van der Waals surface area contributed by atoms with Gasteiger partial charge in [0.2, 0.25) is 0 Å². The summed E-state index contributed by atoms with van der Waals surface area (Å²) in [7, 11) is 0. The minimum absolute atomic E-state index is 0.365. The highest BCUT2D eigenvalue weighted by atomic mass is 16.5. The number of hydrogen-bond acceptors (Lipinski definition) is 2. The molecule has 0 aliphatic carbocycles. The highest BCUT2D eigenvalue weighted by Crippen LogP contribution is 2.21. The summed E-state index contributed by atoms with van der Waals surface area (Å²) in [5, 5.41) is 3.40. The Balaban J connectivity index is 2.61. The summed E-state index contributed by atoms with van der Waals surface area (Å²) in [6.07, 6.45) is 0. The van der Waals surface area contributed by atoms with E-state index in [2.05, 4.69) is 10.0 Å². The van der Waals surface area contributed by atoms with E-state index in [1.54, 1.807) is 0 Å². The summed E-state index contributed by atoms with van der Waals surface area (Å²) in [6, 6.07) is 5.98. The monoisotopic (exact) mass is 191 g/mol. The fourth-order valence-electron chi connectivity index (χ4n) is 1.26. The van der Waals surface area contributed by atoms with E-state index in [1.807, 2.05) is 32.0 Å². The third-order valence-electron chi connectivity index (χ3n) is 1.91. The van der Waals surface area contributed by atoms with E-state index in [1.165, 1.54) is 0 Å². The molecule has 0 aliphatic heterocycles. The van der Waals surface area contributed by atoms with Crippen LogP contribution < -0.4 is 4.74 Å². The average molecular weight is 191 g/mol. The summed E-state index contributed by atoms with van der Waals surface area (Å²) in [5.41, 5.74) is 10.3. The van der Waals surface area contributed by atoms with Crippen molar-refractivity contribution in [2.45, 2.75) is 13.8 Å². The summed E-state index contributed by atoms with van der Waals surface area (Å²) in [4.78, 5) is 2.66. The Morgan fingerprint density at radius 1 is 1.36 bits per heavy atom. The van der Waals surface area contributed by atoms with Crippen LogP contribution in [0.15, 0.2) is 23.3 Å². The fraction of sp³-hybridized carbons (Fsp3) is 0.400. The van der Waals surface area contributed by atoms with Crippen LogP contribution in [0.3, 0.4) is 0 Å². The smallest absolute Gasteiger partial charge is 0.125 e. The van der Waals surface area contributed by atoms with Gasteiger partial charge in [0.05, 0.1) is 13.2 Å². The fourth-order valence-corrected chi connectivity index (χ4v) is 1.26. The average Bonchev–Trinajstić information content (AvgIpc) is 2.16. The summed E-state index contributed by atoms with van der Waals surface area (Å²) < 4.78 is 5.50. The molecule has 14 heavy (non-hydrogen) atoms. The number of hydrogen-bond donors (Lipinski definition) is 0. The van der Waals surface area contributed by atoms with Gasteiger partial charge in [-0.3, -0.25) is 0 Å². The molecule has 0 atom stereocenters. The predicted molar refractivity (Wildman–Crippen MR) is 55.4 cm³/mol. The molecule has 0 amide bonds. The van der Waals surface area contributed by atoms with Gasteiger partial charge in [0.15, 0.2) is 0 Å². The first-order valence-corrected chi connectivity index (χ1v) is 4.45. The molecule has 0 spiro atoms. The van der Waals surface area contributed by atoms with Crippen LogP contribution in [0.1, 0.15) is 11.1 Å². The number of benzene rings is 1. The summed E-state index contributed by atoms with van der Waals surface area (Å²) >= 11 is 0. The molecule has 74 valence electrons. The molecule has 4 heteroatoms. The van der Waals surface area contributed by atoms with E-state index in [4.69, 9.17) is 10.3 Å². The first-order valence-electron chi connectivity index (χ1n) is 4.45. The van der Waals surface area contributed by atoms with E-state index < -0.39 is 0 Å². The maximum Gasteiger partial charge on any atom is 0.125 e. The molecule has 0 radical (unpaired) electrons. The van der Waals surface area contributed by atoms with Gasteiger partial charge in [-0.1, -0.05) is 23.3 Å². The Bertz CT molecular complexity index is 336. The molecule has 0 aliphatic rings. The lowest BCUT2D eigenvalue weighted by Crippen LogP contribution is -2.02. The number of ether oxygens (including phenoxy) is 1. The van der Waals surface area contributed by atoms with Gasteiger partial charge >= 0.3 is 0 Å². The van der Waals surface area contributed by atoms with Crippen molar-refractivity contribution in [1.29, 1.82) is 0 Å². The molecular weight excluding hydrogens is 178 g/mol. The molecule has 4 nitrogen and oxygen atoms in total. The van der Waals surface area contributed by atoms with Crippen molar-refractivity contribution in [2.24, 2.45) is 5.11 Å². The number of rotatable bonds is 4. The second kappa shape index (κ2) is 5.14. The molecule has 0 aromatic heterocycles. The van der Waals surface area contributed by atoms with E-state index in [0.717, 1.165) is 16.9 Å². The molecule has 0 fully saturated rings. The van der Waals surface area contributed by atoms with Crippen molar-refractivity contribution in [1.82, 2.24) is 0 Å². The van der Waals surface area contributed by atoms with Gasteiger partial charge in [-0.05, 0) is 30.5 Å². The van der Waals surface area contributed by atoms with E-state index in [0.29, 0.717) is 13.2 Å². The van der Waals surface area contributed by atoms with Crippen molar-refractivity contribution < 1.29 is 4.74 Å². The first-order chi connectivity index (χ1) is 6.75. The number of azide groups is 1. The third kappa shape index (κ3) is 2.68. The Kier molecular flexibility index (Phi) is 3.83. The van der Waals surface area contributed by atoms with E-state index in [9.17, 15) is 0 Å². The van der Waals surface area contributed by atoms with Gasteiger partial charge in [-0.2, -0.15) is 0 Å².